The van der Waals surface area contributed by atoms with Crippen LogP contribution in [0, 0.1) is 10.8 Å². The first-order chi connectivity index (χ1) is 15.3. The Balaban J connectivity index is 1.93. The molecule has 33 heavy (non-hydrogen) atoms. The molecule has 0 radical (unpaired) electrons. The summed E-state index contributed by atoms with van der Waals surface area (Å²) in [4.78, 5) is 29.4. The van der Waals surface area contributed by atoms with Crippen molar-refractivity contribution >= 4 is 43.4 Å². The van der Waals surface area contributed by atoms with Gasteiger partial charge in [0.25, 0.3) is 0 Å². The first kappa shape index (κ1) is 24.7. The van der Waals surface area contributed by atoms with Gasteiger partial charge in [-0.1, -0.05) is 34.6 Å². The van der Waals surface area contributed by atoms with Gasteiger partial charge in [0.15, 0.2) is 11.6 Å². The van der Waals surface area contributed by atoms with E-state index >= 15 is 0 Å². The number of benzene rings is 1. The summed E-state index contributed by atoms with van der Waals surface area (Å²) in [5.41, 5.74) is 4.49. The Labute approximate surface area is 214 Å². The van der Waals surface area contributed by atoms with Crippen LogP contribution >= 0.6 is 31.9 Å². The molecule has 1 aromatic rings. The van der Waals surface area contributed by atoms with Gasteiger partial charge in [-0.25, -0.2) is 0 Å². The van der Waals surface area contributed by atoms with E-state index in [0.29, 0.717) is 19.4 Å². The maximum absolute atomic E-state index is 13.6. The van der Waals surface area contributed by atoms with Crippen LogP contribution in [0.1, 0.15) is 78.2 Å². The maximum atomic E-state index is 13.6. The molecule has 0 atom stereocenters. The lowest BCUT2D eigenvalue weighted by atomic mass is 9.64. The molecule has 0 unspecified atom stereocenters. The number of rotatable bonds is 4. The van der Waals surface area contributed by atoms with Crippen molar-refractivity contribution in [2.75, 3.05) is 13.7 Å². The second-order valence-electron chi connectivity index (χ2n) is 11.3. The summed E-state index contributed by atoms with van der Waals surface area (Å²) >= 11 is 7.36. The quantitative estimate of drug-likeness (QED) is 0.375. The molecule has 1 aliphatic heterocycles. The van der Waals surface area contributed by atoms with Gasteiger partial charge in [0, 0.05) is 48.3 Å². The van der Waals surface area contributed by atoms with E-state index in [0.717, 1.165) is 62.1 Å². The van der Waals surface area contributed by atoms with Crippen molar-refractivity contribution in [1.29, 1.82) is 0 Å². The van der Waals surface area contributed by atoms with Gasteiger partial charge in [-0.15, -0.1) is 0 Å². The lowest BCUT2D eigenvalue weighted by molar-refractivity contribution is -0.119. The van der Waals surface area contributed by atoms with E-state index < -0.39 is 0 Å². The third-order valence-corrected chi connectivity index (χ3v) is 8.16. The third kappa shape index (κ3) is 4.50. The van der Waals surface area contributed by atoms with E-state index in [4.69, 9.17) is 4.74 Å². The second-order valence-corrected chi connectivity index (χ2v) is 13.0. The number of carbonyl (C=O) groups excluding carboxylic acids is 2. The van der Waals surface area contributed by atoms with Gasteiger partial charge >= 0.3 is 0 Å². The van der Waals surface area contributed by atoms with Gasteiger partial charge in [0.2, 0.25) is 0 Å². The standard InChI is InChI=1S/C27H33Br2NO3/c1-7-8-33-25-16(28)9-15(10-17(25)29)22-23-18(11-26(2,3)13-20(23)31)30(6)19-12-27(4,5)14-21(32)24(19)22/h9-10,22H,7-8,11-14H2,1-6H3. The Morgan fingerprint density at radius 2 is 1.36 bits per heavy atom. The Morgan fingerprint density at radius 1 is 0.909 bits per heavy atom. The van der Waals surface area contributed by atoms with E-state index in [1.807, 2.05) is 19.2 Å². The first-order valence-corrected chi connectivity index (χ1v) is 13.3. The van der Waals surface area contributed by atoms with Crippen LogP contribution in [-0.4, -0.2) is 30.1 Å². The van der Waals surface area contributed by atoms with E-state index in [2.05, 4.69) is 71.4 Å². The number of ether oxygens (including phenoxy) is 1. The number of hydrogen-bond donors (Lipinski definition) is 0. The van der Waals surface area contributed by atoms with E-state index in [9.17, 15) is 9.59 Å². The fourth-order valence-corrected chi connectivity index (χ4v) is 7.04. The lowest BCUT2D eigenvalue weighted by Crippen LogP contribution is -2.43. The van der Waals surface area contributed by atoms with Crippen molar-refractivity contribution in [3.8, 4) is 5.75 Å². The smallest absolute Gasteiger partial charge is 0.162 e. The summed E-state index contributed by atoms with van der Waals surface area (Å²) < 4.78 is 7.59. The van der Waals surface area contributed by atoms with Gasteiger partial charge in [0.05, 0.1) is 15.6 Å². The summed E-state index contributed by atoms with van der Waals surface area (Å²) in [5.74, 6) is 0.719. The van der Waals surface area contributed by atoms with Crippen LogP contribution in [0.25, 0.3) is 0 Å². The van der Waals surface area contributed by atoms with Crippen LogP contribution in [0.2, 0.25) is 0 Å². The molecule has 2 aliphatic carbocycles. The third-order valence-electron chi connectivity index (χ3n) is 6.98. The fraction of sp³-hybridized carbons (Fsp3) is 0.556. The average Bonchev–Trinajstić information content (AvgIpc) is 2.67. The van der Waals surface area contributed by atoms with Gasteiger partial charge in [-0.3, -0.25) is 9.59 Å². The molecule has 1 heterocycles. The number of halogens is 2. The normalized spacial score (nSPS) is 22.5. The number of hydrogen-bond acceptors (Lipinski definition) is 4. The number of carbonyl (C=O) groups is 2. The molecule has 0 N–H and O–H groups in total. The topological polar surface area (TPSA) is 46.6 Å². The van der Waals surface area contributed by atoms with Gasteiger partial charge < -0.3 is 9.64 Å². The molecule has 0 spiro atoms. The van der Waals surface area contributed by atoms with E-state index in [1.54, 1.807) is 0 Å². The minimum Gasteiger partial charge on any atom is -0.491 e. The summed E-state index contributed by atoms with van der Waals surface area (Å²) in [6, 6.07) is 4.06. The number of nitrogens with zero attached hydrogens (tertiary/aromatic N) is 1. The predicted octanol–water partition coefficient (Wildman–Crippen LogP) is 7.32. The number of allylic oxidation sites excluding steroid dienone is 4. The highest BCUT2D eigenvalue weighted by Crippen LogP contribution is 2.54. The monoisotopic (exact) mass is 577 g/mol. The van der Waals surface area contributed by atoms with Crippen molar-refractivity contribution in [2.45, 2.75) is 72.6 Å². The highest BCUT2D eigenvalue weighted by molar-refractivity contribution is 9.11. The minimum atomic E-state index is -0.341. The van der Waals surface area contributed by atoms with Crippen LogP contribution in [-0.2, 0) is 9.59 Å². The fourth-order valence-electron chi connectivity index (χ4n) is 5.59. The molecule has 0 aromatic heterocycles. The van der Waals surface area contributed by atoms with E-state index in [1.165, 1.54) is 0 Å². The van der Waals surface area contributed by atoms with Crippen molar-refractivity contribution < 1.29 is 14.3 Å². The van der Waals surface area contributed by atoms with Crippen molar-refractivity contribution in [3.05, 3.63) is 49.2 Å². The molecule has 0 bridgehead atoms. The summed E-state index contributed by atoms with van der Waals surface area (Å²) in [6.45, 7) is 11.3. The molecule has 6 heteroatoms. The molecule has 178 valence electrons. The number of ketones is 2. The summed E-state index contributed by atoms with van der Waals surface area (Å²) in [6.07, 6.45) is 3.56. The van der Waals surface area contributed by atoms with Crippen LogP contribution in [0.15, 0.2) is 43.6 Å². The van der Waals surface area contributed by atoms with Crippen LogP contribution in [0.3, 0.4) is 0 Å². The predicted molar refractivity (Wildman–Crippen MR) is 138 cm³/mol. The van der Waals surface area contributed by atoms with Crippen molar-refractivity contribution in [3.63, 3.8) is 0 Å². The minimum absolute atomic E-state index is 0.0972. The zero-order valence-corrected chi connectivity index (χ0v) is 23.6. The Bertz CT molecular complexity index is 1020. The molecule has 0 saturated carbocycles. The highest BCUT2D eigenvalue weighted by atomic mass is 79.9. The molecule has 1 aromatic carbocycles. The van der Waals surface area contributed by atoms with Crippen LogP contribution in [0.4, 0.5) is 0 Å². The Morgan fingerprint density at radius 3 is 1.79 bits per heavy atom. The van der Waals surface area contributed by atoms with Crippen molar-refractivity contribution in [1.82, 2.24) is 4.90 Å². The molecule has 0 amide bonds. The molecular weight excluding hydrogens is 546 g/mol. The lowest BCUT2D eigenvalue weighted by Gasteiger charge is -2.48. The van der Waals surface area contributed by atoms with Crippen LogP contribution in [0.5, 0.6) is 5.75 Å². The molecule has 0 saturated heterocycles. The summed E-state index contributed by atoms with van der Waals surface area (Å²) in [5, 5.41) is 0. The van der Waals surface area contributed by atoms with Gasteiger partial charge in [-0.2, -0.15) is 0 Å². The molecule has 0 fully saturated rings. The van der Waals surface area contributed by atoms with Crippen LogP contribution < -0.4 is 4.74 Å². The Kier molecular flexibility index (Phi) is 6.50. The molecular formula is C27H33Br2NO3. The average molecular weight is 579 g/mol. The molecule has 4 rings (SSSR count). The number of Topliss-reactive ketones (excluding diaryl/α,β-unsaturated/α-hetero) is 2. The molecule has 4 nitrogen and oxygen atoms in total. The zero-order chi connectivity index (χ0) is 24.3. The second kappa shape index (κ2) is 8.67. The first-order valence-electron chi connectivity index (χ1n) is 11.7. The van der Waals surface area contributed by atoms with Gasteiger partial charge in [0.1, 0.15) is 5.75 Å². The molecule has 3 aliphatic rings. The Hall–Kier alpha value is -1.40. The van der Waals surface area contributed by atoms with Crippen molar-refractivity contribution in [2.24, 2.45) is 10.8 Å². The van der Waals surface area contributed by atoms with Gasteiger partial charge in [-0.05, 0) is 79.6 Å². The maximum Gasteiger partial charge on any atom is 0.162 e. The van der Waals surface area contributed by atoms with E-state index in [-0.39, 0.29) is 28.3 Å². The largest absolute Gasteiger partial charge is 0.491 e. The summed E-state index contributed by atoms with van der Waals surface area (Å²) in [7, 11) is 2.04. The SMILES string of the molecule is CCCOc1c(Br)cc(C2C3=C(CC(C)(C)CC3=O)N(C)C3=C2C(=O)CC(C)(C)C3)cc1Br. The zero-order valence-electron chi connectivity index (χ0n) is 20.4. The highest BCUT2D eigenvalue weighted by Gasteiger charge is 2.48.